The van der Waals surface area contributed by atoms with Crippen LogP contribution in [0.2, 0.25) is 0 Å². The van der Waals surface area contributed by atoms with Crippen LogP contribution in [0.5, 0.6) is 0 Å². The van der Waals surface area contributed by atoms with Crippen LogP contribution in [0.25, 0.3) is 10.3 Å². The first-order chi connectivity index (χ1) is 9.51. The smallest absolute Gasteiger partial charge is 0.311 e. The van der Waals surface area contributed by atoms with Gasteiger partial charge in [0.05, 0.1) is 12.7 Å². The van der Waals surface area contributed by atoms with E-state index in [1.807, 2.05) is 6.92 Å². The van der Waals surface area contributed by atoms with Gasteiger partial charge in [-0.3, -0.25) is 19.1 Å². The van der Waals surface area contributed by atoms with Crippen molar-refractivity contribution in [1.82, 2.24) is 14.5 Å². The summed E-state index contributed by atoms with van der Waals surface area (Å²) in [5, 5.41) is 9.17. The third-order valence-electron chi connectivity index (χ3n) is 3.40. The molecule has 0 radical (unpaired) electrons. The molecule has 20 heavy (non-hydrogen) atoms. The van der Waals surface area contributed by atoms with E-state index in [1.165, 1.54) is 4.57 Å². The maximum Gasteiger partial charge on any atom is 0.311 e. The molecule has 0 saturated carbocycles. The summed E-state index contributed by atoms with van der Waals surface area (Å²) < 4.78 is 7.24. The molecule has 8 nitrogen and oxygen atoms in total. The Labute approximate surface area is 116 Å². The fourth-order valence-electron chi connectivity index (χ4n) is 2.52. The predicted octanol–water partition coefficient (Wildman–Crippen LogP) is -0.356. The van der Waals surface area contributed by atoms with Gasteiger partial charge in [0.2, 0.25) is 5.95 Å². The number of aromatic nitrogens is 3. The number of hydrogen-bond acceptors (Lipinski definition) is 7. The van der Waals surface area contributed by atoms with Crippen LogP contribution in [0.4, 0.5) is 5.95 Å². The monoisotopic (exact) mass is 298 g/mol. The van der Waals surface area contributed by atoms with Gasteiger partial charge in [-0.1, -0.05) is 18.3 Å². The fourth-order valence-corrected chi connectivity index (χ4v) is 3.36. The van der Waals surface area contributed by atoms with E-state index >= 15 is 0 Å². The molecule has 0 amide bonds. The van der Waals surface area contributed by atoms with Crippen molar-refractivity contribution < 1.29 is 9.84 Å². The number of anilines is 1. The number of ether oxygens (including phenoxy) is 1. The maximum absolute atomic E-state index is 12.1. The fraction of sp³-hybridized carbons (Fsp3) is 0.545. The summed E-state index contributed by atoms with van der Waals surface area (Å²) in [6.45, 7) is 1.82. The highest BCUT2D eigenvalue weighted by atomic mass is 32.1. The minimum atomic E-state index is -0.540. The molecule has 0 bridgehead atoms. The van der Waals surface area contributed by atoms with E-state index in [1.54, 1.807) is 0 Å². The van der Waals surface area contributed by atoms with Crippen LogP contribution < -0.4 is 16.2 Å². The quantitative estimate of drug-likeness (QED) is 0.696. The van der Waals surface area contributed by atoms with Crippen LogP contribution in [0.1, 0.15) is 19.6 Å². The molecule has 1 aliphatic heterocycles. The van der Waals surface area contributed by atoms with E-state index in [0.29, 0.717) is 6.42 Å². The minimum absolute atomic E-state index is 0.0324. The van der Waals surface area contributed by atoms with Gasteiger partial charge in [0.15, 0.2) is 5.65 Å². The topological polar surface area (TPSA) is 123 Å². The van der Waals surface area contributed by atoms with Gasteiger partial charge < -0.3 is 15.6 Å². The molecule has 1 saturated heterocycles. The highest BCUT2D eigenvalue weighted by molar-refractivity contribution is 7.16. The molecule has 1 aliphatic rings. The highest BCUT2D eigenvalue weighted by Gasteiger charge is 2.35. The summed E-state index contributed by atoms with van der Waals surface area (Å²) in [6.07, 6.45) is -0.206. The molecule has 108 valence electrons. The molecule has 2 aromatic rings. The van der Waals surface area contributed by atoms with Crippen LogP contribution in [0.15, 0.2) is 9.59 Å². The van der Waals surface area contributed by atoms with E-state index < -0.39 is 11.8 Å². The van der Waals surface area contributed by atoms with Gasteiger partial charge in [0, 0.05) is 5.92 Å². The molecular weight excluding hydrogens is 284 g/mol. The molecule has 0 aliphatic carbocycles. The lowest BCUT2D eigenvalue weighted by molar-refractivity contribution is -0.0302. The second kappa shape index (κ2) is 4.69. The number of nitrogens with one attached hydrogen (secondary N) is 1. The Morgan fingerprint density at radius 2 is 2.35 bits per heavy atom. The van der Waals surface area contributed by atoms with Crippen LogP contribution in [-0.4, -0.2) is 32.4 Å². The molecule has 4 N–H and O–H groups in total. The van der Waals surface area contributed by atoms with Crippen LogP contribution in [0, 0.1) is 5.92 Å². The molecule has 3 rings (SSSR count). The first-order valence-electron chi connectivity index (χ1n) is 6.18. The number of thiazole rings is 1. The molecule has 9 heteroatoms. The third kappa shape index (κ3) is 1.94. The largest absolute Gasteiger partial charge is 0.394 e. The summed E-state index contributed by atoms with van der Waals surface area (Å²) in [5.74, 6) is -0.0108. The second-order valence-electron chi connectivity index (χ2n) is 4.89. The summed E-state index contributed by atoms with van der Waals surface area (Å²) in [5.41, 5.74) is 5.33. The van der Waals surface area contributed by atoms with Gasteiger partial charge in [0.25, 0.3) is 5.56 Å². The Balaban J connectivity index is 2.19. The average molecular weight is 298 g/mol. The van der Waals surface area contributed by atoms with E-state index in [0.717, 1.165) is 11.3 Å². The summed E-state index contributed by atoms with van der Waals surface area (Å²) in [6, 6.07) is 0. The number of nitrogens with two attached hydrogens (primary N) is 1. The van der Waals surface area contributed by atoms with Crippen LogP contribution in [0.3, 0.4) is 0 Å². The van der Waals surface area contributed by atoms with Crippen molar-refractivity contribution in [2.45, 2.75) is 25.7 Å². The zero-order chi connectivity index (χ0) is 14.4. The Morgan fingerprint density at radius 3 is 3.00 bits per heavy atom. The molecule has 3 unspecified atom stereocenters. The normalized spacial score (nSPS) is 26.4. The molecular formula is C11H14N4O4S. The number of fused-ring (bicyclic) bond motifs is 1. The lowest BCUT2D eigenvalue weighted by Crippen LogP contribution is -2.24. The van der Waals surface area contributed by atoms with Crippen molar-refractivity contribution in [3.63, 3.8) is 0 Å². The highest BCUT2D eigenvalue weighted by Crippen LogP contribution is 2.34. The van der Waals surface area contributed by atoms with E-state index in [-0.39, 0.29) is 39.8 Å². The zero-order valence-electron chi connectivity index (χ0n) is 10.7. The third-order valence-corrected chi connectivity index (χ3v) is 4.35. The Morgan fingerprint density at radius 1 is 1.60 bits per heavy atom. The Hall–Kier alpha value is -1.71. The number of nitrogen functional groups attached to an aromatic ring is 1. The number of aliphatic hydroxyl groups is 1. The molecule has 0 spiro atoms. The predicted molar refractivity (Wildman–Crippen MR) is 73.7 cm³/mol. The second-order valence-corrected chi connectivity index (χ2v) is 5.85. The van der Waals surface area contributed by atoms with Gasteiger partial charge in [-0.15, -0.1) is 0 Å². The Kier molecular flexibility index (Phi) is 3.11. The van der Waals surface area contributed by atoms with Crippen molar-refractivity contribution in [2.75, 3.05) is 12.3 Å². The lowest BCUT2D eigenvalue weighted by atomic mass is 10.1. The maximum atomic E-state index is 12.1. The number of H-pyrrole nitrogens is 1. The lowest BCUT2D eigenvalue weighted by Gasteiger charge is -2.16. The summed E-state index contributed by atoms with van der Waals surface area (Å²) in [7, 11) is 0. The average Bonchev–Trinajstić information content (AvgIpc) is 2.89. The molecule has 1 fully saturated rings. The molecule has 3 atom stereocenters. The SMILES string of the molecule is CC1CC(CO)OC1n1c(=O)sc2c(=O)[nH]c(N)nc21. The number of rotatable bonds is 2. The van der Waals surface area contributed by atoms with Gasteiger partial charge in [-0.2, -0.15) is 4.98 Å². The van der Waals surface area contributed by atoms with Crippen molar-refractivity contribution in [2.24, 2.45) is 5.92 Å². The molecule has 2 aromatic heterocycles. The van der Waals surface area contributed by atoms with Gasteiger partial charge >= 0.3 is 4.87 Å². The van der Waals surface area contributed by atoms with Crippen molar-refractivity contribution in [3.05, 3.63) is 20.0 Å². The Bertz CT molecular complexity index is 764. The number of aromatic amines is 1. The number of nitrogens with zero attached hydrogens (tertiary/aromatic N) is 2. The summed E-state index contributed by atoms with van der Waals surface area (Å²) in [4.78, 5) is 30.0. The zero-order valence-corrected chi connectivity index (χ0v) is 11.5. The van der Waals surface area contributed by atoms with Crippen LogP contribution >= 0.6 is 11.3 Å². The van der Waals surface area contributed by atoms with Gasteiger partial charge in [0.1, 0.15) is 10.9 Å². The minimum Gasteiger partial charge on any atom is -0.394 e. The van der Waals surface area contributed by atoms with Gasteiger partial charge in [-0.05, 0) is 6.42 Å². The van der Waals surface area contributed by atoms with E-state index in [4.69, 9.17) is 15.6 Å². The molecule has 3 heterocycles. The van der Waals surface area contributed by atoms with E-state index in [9.17, 15) is 9.59 Å². The number of hydrogen-bond donors (Lipinski definition) is 3. The van der Waals surface area contributed by atoms with E-state index in [2.05, 4.69) is 9.97 Å². The number of aliphatic hydroxyl groups excluding tert-OH is 1. The molecule has 0 aromatic carbocycles. The first kappa shape index (κ1) is 13.3. The van der Waals surface area contributed by atoms with Gasteiger partial charge in [-0.25, -0.2) is 0 Å². The van der Waals surface area contributed by atoms with Crippen molar-refractivity contribution in [1.29, 1.82) is 0 Å². The van der Waals surface area contributed by atoms with Crippen LogP contribution in [-0.2, 0) is 4.74 Å². The van der Waals surface area contributed by atoms with Crippen molar-refractivity contribution >= 4 is 27.6 Å². The first-order valence-corrected chi connectivity index (χ1v) is 7.00. The van der Waals surface area contributed by atoms with Crippen molar-refractivity contribution in [3.8, 4) is 0 Å². The summed E-state index contributed by atoms with van der Waals surface area (Å²) >= 11 is 0.815. The standard InChI is InChI=1S/C11H14N4O4S/c1-4-2-5(3-16)19-9(4)15-7-6(20-11(15)18)8(17)14-10(12)13-7/h4-5,9,16H,2-3H2,1H3,(H3,12,13,14,17).